The van der Waals surface area contributed by atoms with Gasteiger partial charge in [0.05, 0.1) is 45.6 Å². The zero-order valence-electron chi connectivity index (χ0n) is 24.9. The third-order valence-electron chi connectivity index (χ3n) is 7.10. The molecule has 0 saturated carbocycles. The minimum Gasteiger partial charge on any atom is -0.444 e. The number of carbonyl (C=O) groups is 1. The topological polar surface area (TPSA) is 138 Å². The highest BCUT2D eigenvalue weighted by atomic mass is 32.2. The molecule has 1 fully saturated rings. The van der Waals surface area contributed by atoms with Gasteiger partial charge in [0, 0.05) is 24.5 Å². The molecular formula is C29H30FN7O4S3. The number of anilines is 2. The molecule has 1 aliphatic heterocycles. The van der Waals surface area contributed by atoms with Gasteiger partial charge in [-0.15, -0.1) is 11.3 Å². The van der Waals surface area contributed by atoms with Crippen LogP contribution in [0.5, 0.6) is 0 Å². The van der Waals surface area contributed by atoms with Crippen molar-refractivity contribution < 1.29 is 23.8 Å². The Morgan fingerprint density at radius 2 is 2.07 bits per heavy atom. The van der Waals surface area contributed by atoms with E-state index in [1.165, 1.54) is 29.4 Å². The van der Waals surface area contributed by atoms with E-state index >= 15 is 4.39 Å². The van der Waals surface area contributed by atoms with Crippen molar-refractivity contribution in [2.45, 2.75) is 44.1 Å². The number of β-amino-alcohol motifs (C(OH)–C–C–N with tert-alkyl or cyclic N) is 1. The number of thiophene rings is 1. The molecule has 1 aromatic carbocycles. The standard InChI is InChI=1S/C29H30FN7O4S3/c1-28(2,3)41-27(38)34-25-15(11-31)17-14(7-8-16(30)21(17)43-25)19-20-22(44-35-19)18-23(36(20)5)32-26(42-6)33-24(18)37-9-10-40-13-29(4,39)12-37/h7-8,39H,9-10,12-13H2,1-6H3,(H,34,38)/t29-/m0/s1. The van der Waals surface area contributed by atoms with Crippen LogP contribution in [-0.4, -0.2) is 73.9 Å². The van der Waals surface area contributed by atoms with E-state index in [2.05, 4.69) is 11.4 Å². The molecule has 4 aromatic heterocycles. The van der Waals surface area contributed by atoms with Crippen LogP contribution in [-0.2, 0) is 16.5 Å². The number of carbonyl (C=O) groups excluding carboxylic acids is 1. The summed E-state index contributed by atoms with van der Waals surface area (Å²) in [4.78, 5) is 24.3. The number of thioether (sulfide) groups is 1. The Labute approximate surface area is 264 Å². The molecule has 1 amide bonds. The summed E-state index contributed by atoms with van der Waals surface area (Å²) >= 11 is 3.66. The van der Waals surface area contributed by atoms with Crippen LogP contribution in [0, 0.1) is 17.1 Å². The Morgan fingerprint density at radius 1 is 1.30 bits per heavy atom. The summed E-state index contributed by atoms with van der Waals surface area (Å²) in [5.74, 6) is 0.159. The van der Waals surface area contributed by atoms with Crippen LogP contribution in [0.2, 0.25) is 0 Å². The van der Waals surface area contributed by atoms with Crippen LogP contribution in [0.4, 0.5) is 20.0 Å². The molecule has 15 heteroatoms. The molecular weight excluding hydrogens is 626 g/mol. The van der Waals surface area contributed by atoms with Gasteiger partial charge in [-0.05, 0) is 57.6 Å². The van der Waals surface area contributed by atoms with Crippen LogP contribution in [0.25, 0.3) is 42.6 Å². The number of amides is 1. The summed E-state index contributed by atoms with van der Waals surface area (Å²) in [5, 5.41) is 25.7. The fraction of sp³-hybridized carbons (Fsp3) is 0.414. The average Bonchev–Trinajstić information content (AvgIpc) is 3.57. The summed E-state index contributed by atoms with van der Waals surface area (Å²) in [7, 11) is 1.89. The maximum atomic E-state index is 15.2. The number of aryl methyl sites for hydroxylation is 1. The van der Waals surface area contributed by atoms with Crippen molar-refractivity contribution in [1.82, 2.24) is 18.9 Å². The van der Waals surface area contributed by atoms with Crippen LogP contribution in [0.1, 0.15) is 33.3 Å². The number of hydrogen-bond acceptors (Lipinski definition) is 12. The van der Waals surface area contributed by atoms with E-state index in [-0.39, 0.29) is 21.9 Å². The number of benzene rings is 1. The monoisotopic (exact) mass is 655 g/mol. The molecule has 5 heterocycles. The van der Waals surface area contributed by atoms with Gasteiger partial charge in [-0.2, -0.15) is 9.64 Å². The number of aromatic nitrogens is 4. The lowest BCUT2D eigenvalue weighted by Gasteiger charge is -2.28. The number of nitrogens with one attached hydrogen (secondary N) is 1. The van der Waals surface area contributed by atoms with Gasteiger partial charge in [-0.25, -0.2) is 19.2 Å². The summed E-state index contributed by atoms with van der Waals surface area (Å²) in [5.41, 5.74) is 0.843. The first kappa shape index (κ1) is 30.5. The predicted octanol–water partition coefficient (Wildman–Crippen LogP) is 6.13. The normalized spacial score (nSPS) is 17.8. The summed E-state index contributed by atoms with van der Waals surface area (Å²) < 4.78 is 34.1. The van der Waals surface area contributed by atoms with Gasteiger partial charge >= 0.3 is 6.09 Å². The van der Waals surface area contributed by atoms with Crippen LogP contribution in [0.15, 0.2) is 17.3 Å². The van der Waals surface area contributed by atoms with Gasteiger partial charge in [-0.1, -0.05) is 11.8 Å². The van der Waals surface area contributed by atoms with Crippen LogP contribution < -0.4 is 10.2 Å². The minimum absolute atomic E-state index is 0.127. The van der Waals surface area contributed by atoms with Gasteiger partial charge in [0.1, 0.15) is 45.2 Å². The molecule has 5 aromatic rings. The second kappa shape index (κ2) is 11.1. The number of ether oxygens (including phenoxy) is 2. The summed E-state index contributed by atoms with van der Waals surface area (Å²) in [6.07, 6.45) is 1.17. The number of fused-ring (bicyclic) bond motifs is 4. The Kier molecular flexibility index (Phi) is 7.70. The van der Waals surface area contributed by atoms with Gasteiger partial charge < -0.3 is 24.0 Å². The lowest BCUT2D eigenvalue weighted by molar-refractivity contribution is -0.0123. The predicted molar refractivity (Wildman–Crippen MR) is 172 cm³/mol. The van der Waals surface area contributed by atoms with Crippen molar-refractivity contribution in [1.29, 1.82) is 5.26 Å². The number of nitrogens with zero attached hydrogens (tertiary/aromatic N) is 6. The smallest absolute Gasteiger partial charge is 0.412 e. The number of nitriles is 1. The van der Waals surface area contributed by atoms with Crippen molar-refractivity contribution in [3.05, 3.63) is 23.5 Å². The number of aliphatic hydroxyl groups is 1. The molecule has 2 N–H and O–H groups in total. The molecule has 11 nitrogen and oxygen atoms in total. The molecule has 0 radical (unpaired) electrons. The summed E-state index contributed by atoms with van der Waals surface area (Å²) in [6, 6.07) is 5.11. The first-order chi connectivity index (χ1) is 20.8. The van der Waals surface area contributed by atoms with Gasteiger partial charge in [0.15, 0.2) is 5.16 Å². The second-order valence-corrected chi connectivity index (χ2v) is 14.4. The fourth-order valence-electron chi connectivity index (χ4n) is 5.37. The van der Waals surface area contributed by atoms with Gasteiger partial charge in [0.2, 0.25) is 0 Å². The lowest BCUT2D eigenvalue weighted by Crippen LogP contribution is -2.42. The van der Waals surface area contributed by atoms with Gasteiger partial charge in [0.25, 0.3) is 0 Å². The molecule has 1 atom stereocenters. The third-order valence-corrected chi connectivity index (χ3v) is 9.62. The Hall–Kier alpha value is -3.55. The number of hydrogen-bond donors (Lipinski definition) is 2. The average molecular weight is 656 g/mol. The third kappa shape index (κ3) is 5.34. The molecule has 1 aliphatic rings. The van der Waals surface area contributed by atoms with Crippen molar-refractivity contribution >= 4 is 82.9 Å². The van der Waals surface area contributed by atoms with Gasteiger partial charge in [-0.3, -0.25) is 5.32 Å². The largest absolute Gasteiger partial charge is 0.444 e. The number of halogens is 1. The first-order valence-corrected chi connectivity index (χ1v) is 16.5. The summed E-state index contributed by atoms with van der Waals surface area (Å²) in [6.45, 7) is 8.45. The molecule has 6 rings (SSSR count). The highest BCUT2D eigenvalue weighted by Gasteiger charge is 2.32. The highest BCUT2D eigenvalue weighted by Crippen LogP contribution is 2.46. The van der Waals surface area contributed by atoms with E-state index in [0.29, 0.717) is 53.0 Å². The quantitative estimate of drug-likeness (QED) is 0.172. The Morgan fingerprint density at radius 3 is 2.77 bits per heavy atom. The minimum atomic E-state index is -1.07. The fourth-order valence-corrected chi connectivity index (χ4v) is 7.76. The van der Waals surface area contributed by atoms with E-state index in [4.69, 9.17) is 23.8 Å². The van der Waals surface area contributed by atoms with E-state index in [0.717, 1.165) is 26.9 Å². The molecule has 1 saturated heterocycles. The van der Waals surface area contributed by atoms with E-state index in [1.807, 2.05) is 22.8 Å². The van der Waals surface area contributed by atoms with Crippen molar-refractivity contribution in [3.8, 4) is 17.3 Å². The van der Waals surface area contributed by atoms with Crippen molar-refractivity contribution in [2.75, 3.05) is 42.8 Å². The van der Waals surface area contributed by atoms with E-state index in [9.17, 15) is 15.2 Å². The molecule has 0 aliphatic carbocycles. The second-order valence-electron chi connectivity index (χ2n) is 11.8. The molecule has 0 unspecified atom stereocenters. The number of rotatable bonds is 4. The van der Waals surface area contributed by atoms with Crippen molar-refractivity contribution in [3.63, 3.8) is 0 Å². The lowest BCUT2D eigenvalue weighted by atomic mass is 10.0. The Balaban J connectivity index is 1.57. The maximum Gasteiger partial charge on any atom is 0.412 e. The SMILES string of the molecule is CSc1nc(N2CCOC[C@@](C)(O)C2)c2c3snc(-c4ccc(F)c5sc(NC(=O)OC(C)(C)C)c(C#N)c45)c3n(C)c2n1. The van der Waals surface area contributed by atoms with E-state index in [1.54, 1.807) is 33.8 Å². The molecule has 0 spiro atoms. The zero-order chi connectivity index (χ0) is 31.6. The maximum absolute atomic E-state index is 15.2. The molecule has 230 valence electrons. The van der Waals surface area contributed by atoms with Crippen LogP contribution in [0.3, 0.4) is 0 Å². The first-order valence-electron chi connectivity index (χ1n) is 13.7. The Bertz CT molecular complexity index is 1990. The van der Waals surface area contributed by atoms with Crippen LogP contribution >= 0.6 is 34.6 Å². The molecule has 44 heavy (non-hydrogen) atoms. The van der Waals surface area contributed by atoms with Crippen molar-refractivity contribution in [2.24, 2.45) is 7.05 Å². The zero-order valence-corrected chi connectivity index (χ0v) is 27.4. The molecule has 0 bridgehead atoms. The highest BCUT2D eigenvalue weighted by molar-refractivity contribution is 7.98. The van der Waals surface area contributed by atoms with E-state index < -0.39 is 23.1 Å².